The molecule has 2 aromatic rings. The van der Waals surface area contributed by atoms with Crippen LogP contribution in [0.15, 0.2) is 21.3 Å². The van der Waals surface area contributed by atoms with Gasteiger partial charge in [0.2, 0.25) is 0 Å². The van der Waals surface area contributed by atoms with Crippen molar-refractivity contribution in [1.82, 2.24) is 15.0 Å². The molecule has 3 rings (SSSR count). The third kappa shape index (κ3) is 3.53. The monoisotopic (exact) mass is 321 g/mol. The molecule has 0 aromatic carbocycles. The van der Waals surface area contributed by atoms with Crippen molar-refractivity contribution in [1.29, 1.82) is 0 Å². The predicted molar refractivity (Wildman–Crippen MR) is 81.7 cm³/mol. The maximum Gasteiger partial charge on any atom is 0.254 e. The van der Waals surface area contributed by atoms with Crippen LogP contribution in [0.1, 0.15) is 41.8 Å². The average Bonchev–Trinajstić information content (AvgIpc) is 3.24. The summed E-state index contributed by atoms with van der Waals surface area (Å²) < 4.78 is 11.0. The minimum atomic E-state index is 0.0216. The number of thiophene rings is 1. The lowest BCUT2D eigenvalue weighted by molar-refractivity contribution is -0.0153. The number of ether oxygens (including phenoxy) is 1. The second-order valence-corrected chi connectivity index (χ2v) is 6.08. The van der Waals surface area contributed by atoms with Gasteiger partial charge in [-0.05, 0) is 24.3 Å². The van der Waals surface area contributed by atoms with Gasteiger partial charge in [0.1, 0.15) is 6.61 Å². The van der Waals surface area contributed by atoms with Crippen LogP contribution >= 0.6 is 11.3 Å². The molecule has 3 heterocycles. The summed E-state index contributed by atoms with van der Waals surface area (Å²) in [5.74, 6) is 1.27. The summed E-state index contributed by atoms with van der Waals surface area (Å²) in [4.78, 5) is 18.4. The standard InChI is InChI=1S/C15H19N3O3S/c1-2-13-16-14(21-17-13)9-20-12-4-3-6-18(8-12)15(19)11-5-7-22-10-11/h5,7,10,12H,2-4,6,8-9H2,1H3/t12-/m1/s1. The molecule has 0 bridgehead atoms. The van der Waals surface area contributed by atoms with Gasteiger partial charge in [-0.15, -0.1) is 0 Å². The van der Waals surface area contributed by atoms with E-state index in [4.69, 9.17) is 9.26 Å². The Balaban J connectivity index is 1.53. The molecule has 0 aliphatic carbocycles. The first-order valence-electron chi connectivity index (χ1n) is 7.50. The van der Waals surface area contributed by atoms with Crippen LogP contribution in [-0.2, 0) is 17.8 Å². The smallest absolute Gasteiger partial charge is 0.254 e. The zero-order valence-electron chi connectivity index (χ0n) is 12.5. The number of aromatic nitrogens is 2. The van der Waals surface area contributed by atoms with E-state index in [-0.39, 0.29) is 12.0 Å². The molecule has 1 aliphatic rings. The lowest BCUT2D eigenvalue weighted by Gasteiger charge is -2.32. The van der Waals surface area contributed by atoms with Crippen LogP contribution in [0.4, 0.5) is 0 Å². The SMILES string of the molecule is CCc1noc(CO[C@@H]2CCCN(C(=O)c3ccsc3)C2)n1. The molecular weight excluding hydrogens is 302 g/mol. The first-order valence-corrected chi connectivity index (χ1v) is 8.45. The summed E-state index contributed by atoms with van der Waals surface area (Å²) in [5.41, 5.74) is 0.759. The van der Waals surface area contributed by atoms with E-state index >= 15 is 0 Å². The molecule has 0 saturated carbocycles. The van der Waals surface area contributed by atoms with Gasteiger partial charge in [0.05, 0.1) is 11.7 Å². The van der Waals surface area contributed by atoms with E-state index in [0.29, 0.717) is 24.9 Å². The lowest BCUT2D eigenvalue weighted by Crippen LogP contribution is -2.43. The highest BCUT2D eigenvalue weighted by molar-refractivity contribution is 7.08. The van der Waals surface area contributed by atoms with Crippen molar-refractivity contribution in [3.63, 3.8) is 0 Å². The minimum Gasteiger partial charge on any atom is -0.367 e. The predicted octanol–water partition coefficient (Wildman–Crippen LogP) is 2.51. The Kier molecular flexibility index (Phi) is 4.84. The zero-order valence-corrected chi connectivity index (χ0v) is 13.3. The van der Waals surface area contributed by atoms with Crippen molar-refractivity contribution in [2.24, 2.45) is 0 Å². The van der Waals surface area contributed by atoms with Crippen molar-refractivity contribution in [2.45, 2.75) is 38.9 Å². The Bertz CT molecular complexity index is 611. The first kappa shape index (κ1) is 15.2. The summed E-state index contributed by atoms with van der Waals surface area (Å²) in [7, 11) is 0. The number of rotatable bonds is 5. The molecule has 118 valence electrons. The van der Waals surface area contributed by atoms with Crippen LogP contribution in [0, 0.1) is 0 Å². The maximum atomic E-state index is 12.4. The van der Waals surface area contributed by atoms with E-state index in [1.165, 1.54) is 11.3 Å². The normalized spacial score (nSPS) is 18.6. The third-order valence-corrected chi connectivity index (χ3v) is 4.39. The van der Waals surface area contributed by atoms with Crippen LogP contribution in [0.5, 0.6) is 0 Å². The number of likely N-dealkylation sites (tertiary alicyclic amines) is 1. The number of piperidine rings is 1. The number of amides is 1. The number of hydrogen-bond donors (Lipinski definition) is 0. The Hall–Kier alpha value is -1.73. The molecule has 1 fully saturated rings. The second-order valence-electron chi connectivity index (χ2n) is 5.30. The number of aryl methyl sites for hydroxylation is 1. The van der Waals surface area contributed by atoms with Gasteiger partial charge in [-0.1, -0.05) is 12.1 Å². The number of nitrogens with zero attached hydrogens (tertiary/aromatic N) is 3. The Morgan fingerprint density at radius 3 is 3.23 bits per heavy atom. The van der Waals surface area contributed by atoms with Crippen molar-refractivity contribution >= 4 is 17.2 Å². The summed E-state index contributed by atoms with van der Waals surface area (Å²) in [6.07, 6.45) is 2.66. The first-order chi connectivity index (χ1) is 10.8. The van der Waals surface area contributed by atoms with E-state index in [9.17, 15) is 4.79 Å². The molecule has 7 heteroatoms. The molecule has 0 N–H and O–H groups in total. The Labute approximate surface area is 133 Å². The topological polar surface area (TPSA) is 68.5 Å². The Morgan fingerprint density at radius 2 is 2.50 bits per heavy atom. The molecule has 0 radical (unpaired) electrons. The average molecular weight is 321 g/mol. The van der Waals surface area contributed by atoms with E-state index in [1.54, 1.807) is 0 Å². The summed E-state index contributed by atoms with van der Waals surface area (Å²) in [5, 5.41) is 7.65. The minimum absolute atomic E-state index is 0.0216. The van der Waals surface area contributed by atoms with Crippen LogP contribution in [-0.4, -0.2) is 40.1 Å². The van der Waals surface area contributed by atoms with E-state index in [0.717, 1.165) is 31.4 Å². The van der Waals surface area contributed by atoms with E-state index in [2.05, 4.69) is 10.1 Å². The number of carbonyl (C=O) groups is 1. The summed E-state index contributed by atoms with van der Waals surface area (Å²) in [6, 6.07) is 1.86. The van der Waals surface area contributed by atoms with Crippen LogP contribution < -0.4 is 0 Å². The van der Waals surface area contributed by atoms with Crippen molar-refractivity contribution in [3.8, 4) is 0 Å². The third-order valence-electron chi connectivity index (χ3n) is 3.70. The van der Waals surface area contributed by atoms with E-state index in [1.807, 2.05) is 28.7 Å². The molecule has 6 nitrogen and oxygen atoms in total. The quantitative estimate of drug-likeness (QED) is 0.846. The molecule has 1 aliphatic heterocycles. The van der Waals surface area contributed by atoms with Gasteiger partial charge >= 0.3 is 0 Å². The highest BCUT2D eigenvalue weighted by Gasteiger charge is 2.25. The fraction of sp³-hybridized carbons (Fsp3) is 0.533. The maximum absolute atomic E-state index is 12.4. The number of carbonyl (C=O) groups excluding carboxylic acids is 1. The Morgan fingerprint density at radius 1 is 1.59 bits per heavy atom. The van der Waals surface area contributed by atoms with Gasteiger partial charge in [-0.25, -0.2) is 0 Å². The molecule has 1 saturated heterocycles. The van der Waals surface area contributed by atoms with E-state index < -0.39 is 0 Å². The van der Waals surface area contributed by atoms with Gasteiger partial charge in [-0.2, -0.15) is 16.3 Å². The summed E-state index contributed by atoms with van der Waals surface area (Å²) >= 11 is 1.54. The molecular formula is C15H19N3O3S. The molecule has 2 aromatic heterocycles. The van der Waals surface area contributed by atoms with Gasteiger partial charge in [0.15, 0.2) is 5.82 Å². The van der Waals surface area contributed by atoms with Gasteiger partial charge in [0.25, 0.3) is 11.8 Å². The van der Waals surface area contributed by atoms with Crippen molar-refractivity contribution in [3.05, 3.63) is 34.1 Å². The molecule has 0 unspecified atom stereocenters. The molecule has 1 atom stereocenters. The lowest BCUT2D eigenvalue weighted by atomic mass is 10.1. The molecule has 22 heavy (non-hydrogen) atoms. The zero-order chi connectivity index (χ0) is 15.4. The van der Waals surface area contributed by atoms with Crippen LogP contribution in [0.25, 0.3) is 0 Å². The molecule has 1 amide bonds. The molecule has 0 spiro atoms. The highest BCUT2D eigenvalue weighted by Crippen LogP contribution is 2.18. The highest BCUT2D eigenvalue weighted by atomic mass is 32.1. The van der Waals surface area contributed by atoms with Crippen molar-refractivity contribution < 1.29 is 14.1 Å². The van der Waals surface area contributed by atoms with Gasteiger partial charge in [-0.3, -0.25) is 4.79 Å². The van der Waals surface area contributed by atoms with Crippen LogP contribution in [0.2, 0.25) is 0 Å². The van der Waals surface area contributed by atoms with Crippen molar-refractivity contribution in [2.75, 3.05) is 13.1 Å². The van der Waals surface area contributed by atoms with Gasteiger partial charge in [0, 0.05) is 24.9 Å². The second kappa shape index (κ2) is 7.02. The summed E-state index contributed by atoms with van der Waals surface area (Å²) in [6.45, 7) is 3.68. The van der Waals surface area contributed by atoms with Gasteiger partial charge < -0.3 is 14.2 Å². The number of hydrogen-bond acceptors (Lipinski definition) is 6. The fourth-order valence-corrected chi connectivity index (χ4v) is 3.14. The fourth-order valence-electron chi connectivity index (χ4n) is 2.51. The largest absolute Gasteiger partial charge is 0.367 e. The van der Waals surface area contributed by atoms with Crippen LogP contribution in [0.3, 0.4) is 0 Å².